The van der Waals surface area contributed by atoms with Crippen LogP contribution in [0, 0.1) is 6.92 Å². The fourth-order valence-corrected chi connectivity index (χ4v) is 5.49. The maximum absolute atomic E-state index is 5.05. The molecule has 1 heterocycles. The van der Waals surface area contributed by atoms with E-state index in [1.54, 1.807) is 0 Å². The third-order valence-corrected chi connectivity index (χ3v) is 7.61. The Morgan fingerprint density at radius 2 is 0.854 bits per heavy atom. The van der Waals surface area contributed by atoms with Crippen LogP contribution in [-0.4, -0.2) is 9.97 Å². The van der Waals surface area contributed by atoms with Crippen molar-refractivity contribution in [1.29, 1.82) is 0 Å². The summed E-state index contributed by atoms with van der Waals surface area (Å²) >= 11 is 0. The molecule has 1 aromatic heterocycles. The van der Waals surface area contributed by atoms with Crippen molar-refractivity contribution in [1.82, 2.24) is 9.97 Å². The van der Waals surface area contributed by atoms with Crippen LogP contribution in [0.25, 0.3) is 66.9 Å². The monoisotopic (exact) mass is 524 g/mol. The number of aromatic nitrogens is 2. The molecule has 0 amide bonds. The maximum atomic E-state index is 5.05. The molecule has 0 fully saturated rings. The highest BCUT2D eigenvalue weighted by Gasteiger charge is 2.14. The summed E-state index contributed by atoms with van der Waals surface area (Å²) in [5.74, 6) is 0.729. The summed E-state index contributed by atoms with van der Waals surface area (Å²) < 4.78 is 0. The molecule has 194 valence electrons. The molecule has 0 aliphatic heterocycles. The predicted octanol–water partition coefficient (Wildman–Crippen LogP) is 10.3. The van der Waals surface area contributed by atoms with Crippen molar-refractivity contribution >= 4 is 10.9 Å². The zero-order chi connectivity index (χ0) is 27.6. The first-order valence-corrected chi connectivity index (χ1v) is 13.9. The molecule has 0 saturated heterocycles. The molecule has 6 aromatic carbocycles. The van der Waals surface area contributed by atoms with Crippen molar-refractivity contribution in [3.05, 3.63) is 157 Å². The molecule has 41 heavy (non-hydrogen) atoms. The molecule has 2 nitrogen and oxygen atoms in total. The zero-order valence-corrected chi connectivity index (χ0v) is 22.8. The molecule has 0 spiro atoms. The largest absolute Gasteiger partial charge is 0.228 e. The second-order valence-electron chi connectivity index (χ2n) is 10.3. The van der Waals surface area contributed by atoms with Crippen LogP contribution >= 0.6 is 0 Å². The lowest BCUT2D eigenvalue weighted by molar-refractivity contribution is 1.23. The van der Waals surface area contributed by atoms with E-state index in [4.69, 9.17) is 9.97 Å². The minimum atomic E-state index is 0.729. The van der Waals surface area contributed by atoms with Gasteiger partial charge in [0.2, 0.25) is 0 Å². The molecule has 0 N–H and O–H groups in total. The fourth-order valence-electron chi connectivity index (χ4n) is 5.49. The highest BCUT2D eigenvalue weighted by molar-refractivity contribution is 5.94. The first kappa shape index (κ1) is 24.7. The van der Waals surface area contributed by atoms with Crippen LogP contribution < -0.4 is 0 Å². The molecule has 0 radical (unpaired) electrons. The summed E-state index contributed by atoms with van der Waals surface area (Å²) in [5, 5.41) is 1.06. The number of benzene rings is 6. The van der Waals surface area contributed by atoms with Crippen LogP contribution in [0.4, 0.5) is 0 Å². The van der Waals surface area contributed by atoms with Crippen molar-refractivity contribution in [3.63, 3.8) is 0 Å². The number of rotatable bonds is 5. The summed E-state index contributed by atoms with van der Waals surface area (Å²) in [6.07, 6.45) is 0. The van der Waals surface area contributed by atoms with E-state index < -0.39 is 0 Å². The number of para-hydroxylation sites is 1. The molecular formula is C39H28N2. The van der Waals surface area contributed by atoms with Crippen molar-refractivity contribution < 1.29 is 0 Å². The Hall–Kier alpha value is -5.34. The summed E-state index contributed by atoms with van der Waals surface area (Å²) in [5.41, 5.74) is 12.5. The smallest absolute Gasteiger partial charge is 0.160 e. The SMILES string of the molecule is Cc1ccc(-c2ccccc2-c2ccccc2-c2ccc(-c3nc(-c4ccccc4)c4ccccc4n3)cc2)cc1. The summed E-state index contributed by atoms with van der Waals surface area (Å²) in [6.45, 7) is 2.13. The second-order valence-corrected chi connectivity index (χ2v) is 10.3. The zero-order valence-electron chi connectivity index (χ0n) is 22.8. The van der Waals surface area contributed by atoms with Crippen molar-refractivity contribution in [2.75, 3.05) is 0 Å². The number of fused-ring (bicyclic) bond motifs is 1. The van der Waals surface area contributed by atoms with Crippen molar-refractivity contribution in [3.8, 4) is 56.0 Å². The topological polar surface area (TPSA) is 25.8 Å². The van der Waals surface area contributed by atoms with Crippen LogP contribution in [0.15, 0.2) is 152 Å². The van der Waals surface area contributed by atoms with Gasteiger partial charge in [0.1, 0.15) is 0 Å². The van der Waals surface area contributed by atoms with Gasteiger partial charge in [0.25, 0.3) is 0 Å². The number of hydrogen-bond donors (Lipinski definition) is 0. The number of nitrogens with zero attached hydrogens (tertiary/aromatic N) is 2. The molecule has 7 rings (SSSR count). The molecule has 7 aromatic rings. The number of hydrogen-bond acceptors (Lipinski definition) is 2. The van der Waals surface area contributed by atoms with Gasteiger partial charge in [-0.15, -0.1) is 0 Å². The van der Waals surface area contributed by atoms with E-state index in [0.29, 0.717) is 0 Å². The normalized spacial score (nSPS) is 11.0. The minimum absolute atomic E-state index is 0.729. The Morgan fingerprint density at radius 1 is 0.366 bits per heavy atom. The van der Waals surface area contributed by atoms with Gasteiger partial charge in [0, 0.05) is 16.5 Å². The van der Waals surface area contributed by atoms with E-state index in [0.717, 1.165) is 39.1 Å². The average molecular weight is 525 g/mol. The Labute approximate surface area is 240 Å². The van der Waals surface area contributed by atoms with Crippen molar-refractivity contribution in [2.24, 2.45) is 0 Å². The Morgan fingerprint density at radius 3 is 1.49 bits per heavy atom. The van der Waals surface area contributed by atoms with Gasteiger partial charge in [-0.3, -0.25) is 0 Å². The average Bonchev–Trinajstić information content (AvgIpc) is 3.05. The van der Waals surface area contributed by atoms with Gasteiger partial charge >= 0.3 is 0 Å². The van der Waals surface area contributed by atoms with E-state index in [1.807, 2.05) is 18.2 Å². The van der Waals surface area contributed by atoms with Gasteiger partial charge in [-0.05, 0) is 46.4 Å². The molecule has 0 unspecified atom stereocenters. The van der Waals surface area contributed by atoms with Gasteiger partial charge in [-0.1, -0.05) is 151 Å². The third kappa shape index (κ3) is 4.81. The molecule has 0 atom stereocenters. The van der Waals surface area contributed by atoms with E-state index in [2.05, 4.69) is 140 Å². The van der Waals surface area contributed by atoms with Gasteiger partial charge in [0.15, 0.2) is 5.82 Å². The van der Waals surface area contributed by atoms with E-state index in [1.165, 1.54) is 33.4 Å². The Balaban J connectivity index is 1.30. The highest BCUT2D eigenvalue weighted by Crippen LogP contribution is 2.38. The number of aryl methyl sites for hydroxylation is 1. The van der Waals surface area contributed by atoms with Crippen LogP contribution in [0.5, 0.6) is 0 Å². The minimum Gasteiger partial charge on any atom is -0.228 e. The molecule has 2 heteroatoms. The lowest BCUT2D eigenvalue weighted by Crippen LogP contribution is -1.95. The maximum Gasteiger partial charge on any atom is 0.160 e. The third-order valence-electron chi connectivity index (χ3n) is 7.61. The van der Waals surface area contributed by atoms with Crippen LogP contribution in [0.1, 0.15) is 5.56 Å². The Kier molecular flexibility index (Phi) is 6.42. The second kappa shape index (κ2) is 10.7. The van der Waals surface area contributed by atoms with Gasteiger partial charge in [-0.25, -0.2) is 9.97 Å². The fraction of sp³-hybridized carbons (Fsp3) is 0.0256. The molecule has 0 saturated carbocycles. The lowest BCUT2D eigenvalue weighted by atomic mass is 9.89. The first-order chi connectivity index (χ1) is 20.2. The standard InChI is InChI=1S/C39H28N2/c1-27-19-21-28(22-20-27)32-13-5-7-15-34(32)35-16-8-6-14-33(35)29-23-25-31(26-24-29)39-40-37-18-10-9-17-36(37)38(41-39)30-11-3-2-4-12-30/h2-26H,1H3. The summed E-state index contributed by atoms with van der Waals surface area (Å²) in [7, 11) is 0. The summed E-state index contributed by atoms with van der Waals surface area (Å²) in [4.78, 5) is 9.99. The van der Waals surface area contributed by atoms with E-state index >= 15 is 0 Å². The van der Waals surface area contributed by atoms with Gasteiger partial charge < -0.3 is 0 Å². The van der Waals surface area contributed by atoms with E-state index in [-0.39, 0.29) is 0 Å². The van der Waals surface area contributed by atoms with Crippen LogP contribution in [0.2, 0.25) is 0 Å². The Bertz CT molecular complexity index is 1970. The van der Waals surface area contributed by atoms with Crippen LogP contribution in [-0.2, 0) is 0 Å². The van der Waals surface area contributed by atoms with E-state index in [9.17, 15) is 0 Å². The molecular weight excluding hydrogens is 496 g/mol. The summed E-state index contributed by atoms with van der Waals surface area (Å²) in [6, 6.07) is 53.3. The molecule has 0 aliphatic carbocycles. The van der Waals surface area contributed by atoms with Crippen LogP contribution in [0.3, 0.4) is 0 Å². The van der Waals surface area contributed by atoms with Crippen molar-refractivity contribution in [2.45, 2.75) is 6.92 Å². The highest BCUT2D eigenvalue weighted by atomic mass is 14.9. The van der Waals surface area contributed by atoms with Gasteiger partial charge in [-0.2, -0.15) is 0 Å². The first-order valence-electron chi connectivity index (χ1n) is 13.9. The lowest BCUT2D eigenvalue weighted by Gasteiger charge is -2.15. The van der Waals surface area contributed by atoms with Gasteiger partial charge in [0.05, 0.1) is 11.2 Å². The predicted molar refractivity (Wildman–Crippen MR) is 171 cm³/mol. The quantitative estimate of drug-likeness (QED) is 0.224. The molecule has 0 aliphatic rings. The molecule has 0 bridgehead atoms.